The quantitative estimate of drug-likeness (QED) is 0.151. The van der Waals surface area contributed by atoms with Gasteiger partial charge in [0.2, 0.25) is 0 Å². The molecule has 0 saturated carbocycles. The molecule has 12 nitrogen and oxygen atoms in total. The number of nitrogens with zero attached hydrogens (tertiary/aromatic N) is 1. The molecule has 0 bridgehead atoms. The second-order valence-electron chi connectivity index (χ2n) is 6.97. The van der Waals surface area contributed by atoms with Crippen LogP contribution < -0.4 is 15.2 Å². The summed E-state index contributed by atoms with van der Waals surface area (Å²) in [5.41, 5.74) is 5.70. The number of carbonyl (C=O) groups excluding carboxylic acids is 2. The van der Waals surface area contributed by atoms with Crippen molar-refractivity contribution in [1.82, 2.24) is 0 Å². The lowest BCUT2D eigenvalue weighted by Gasteiger charge is -2.19. The fraction of sp³-hybridized carbons (Fsp3) is 0.588. The number of hydrogen-bond acceptors (Lipinski definition) is 10. The van der Waals surface area contributed by atoms with Crippen molar-refractivity contribution >= 4 is 19.8 Å². The van der Waals surface area contributed by atoms with E-state index in [-0.39, 0.29) is 11.5 Å². The van der Waals surface area contributed by atoms with Crippen LogP contribution >= 0.6 is 7.82 Å². The molecule has 0 amide bonds. The van der Waals surface area contributed by atoms with E-state index >= 15 is 0 Å². The zero-order valence-corrected chi connectivity index (χ0v) is 17.3. The molecule has 1 aliphatic heterocycles. The van der Waals surface area contributed by atoms with Crippen molar-refractivity contribution in [3.63, 3.8) is 0 Å². The number of aromatic nitrogens is 1. The first-order chi connectivity index (χ1) is 13.9. The number of phosphoric ester groups is 1. The van der Waals surface area contributed by atoms with Crippen molar-refractivity contribution in [1.29, 1.82) is 0 Å². The lowest BCUT2D eigenvalue weighted by molar-refractivity contribution is -0.765. The molecule has 2 rings (SSSR count). The Labute approximate surface area is 172 Å². The van der Waals surface area contributed by atoms with Crippen LogP contribution in [-0.4, -0.2) is 58.0 Å². The standard InChI is InChI=1S/C17H25N2O10P/c1-3-9(2)12(18)17(23)29-16(22)10-5-4-6-19(7-10)15-14(21)13(20)11(28-15)8-27-30(24,25)26/h4-7,9,11-15,20-21H,3,8,18H2,1-2H3,(H-,24,25,26)/t9-,11+,12-,13+,14+,15+/m0/s1. The first kappa shape index (κ1) is 24.5. The van der Waals surface area contributed by atoms with Crippen molar-refractivity contribution in [3.8, 4) is 0 Å². The predicted molar refractivity (Wildman–Crippen MR) is 96.2 cm³/mol. The number of phosphoric acid groups is 1. The summed E-state index contributed by atoms with van der Waals surface area (Å²) in [6.07, 6.45) is -2.24. The van der Waals surface area contributed by atoms with E-state index in [0.29, 0.717) is 6.42 Å². The van der Waals surface area contributed by atoms with Crippen LogP contribution in [-0.2, 0) is 23.4 Å². The summed E-state index contributed by atoms with van der Waals surface area (Å²) < 4.78 is 26.3. The van der Waals surface area contributed by atoms with Gasteiger partial charge >= 0.3 is 11.9 Å². The third-order valence-electron chi connectivity index (χ3n) is 4.81. The molecule has 1 aromatic rings. The van der Waals surface area contributed by atoms with Gasteiger partial charge in [0.05, 0.1) is 6.61 Å². The molecule has 0 aromatic carbocycles. The monoisotopic (exact) mass is 448 g/mol. The summed E-state index contributed by atoms with van der Waals surface area (Å²) in [4.78, 5) is 43.7. The number of aliphatic hydroxyl groups excluding tert-OH is 2. The normalized spacial score (nSPS) is 27.8. The molecule has 2 heterocycles. The Morgan fingerprint density at radius 3 is 2.67 bits per heavy atom. The summed E-state index contributed by atoms with van der Waals surface area (Å²) in [6, 6.07) is 1.81. The molecule has 0 radical (unpaired) electrons. The number of esters is 2. The summed E-state index contributed by atoms with van der Waals surface area (Å²) >= 11 is 0. The van der Waals surface area contributed by atoms with Crippen molar-refractivity contribution in [2.45, 2.75) is 50.8 Å². The van der Waals surface area contributed by atoms with Gasteiger partial charge in [-0.05, 0) is 12.0 Å². The first-order valence-corrected chi connectivity index (χ1v) is 10.7. The van der Waals surface area contributed by atoms with Crippen LogP contribution in [0.3, 0.4) is 0 Å². The smallest absolute Gasteiger partial charge is 0.351 e. The molecular formula is C17H25N2O10P. The van der Waals surface area contributed by atoms with Crippen molar-refractivity contribution in [3.05, 3.63) is 30.1 Å². The van der Waals surface area contributed by atoms with Gasteiger partial charge < -0.3 is 39.7 Å². The third kappa shape index (κ3) is 6.13. The molecule has 1 aliphatic rings. The molecule has 168 valence electrons. The second kappa shape index (κ2) is 10.0. The van der Waals surface area contributed by atoms with Gasteiger partial charge in [0.15, 0.2) is 18.5 Å². The highest BCUT2D eigenvalue weighted by Crippen LogP contribution is 2.33. The number of ether oxygens (including phenoxy) is 2. The molecule has 30 heavy (non-hydrogen) atoms. The maximum atomic E-state index is 12.3. The van der Waals surface area contributed by atoms with Gasteiger partial charge in [-0.3, -0.25) is 4.57 Å². The SMILES string of the molecule is CC[C@H](C)[C@H](N)C(=O)OC(=O)c1ccc[n+]([C@@H]2O[C@H](COP(=O)([O-])O)[C@@H](O)[C@H]2O)c1. The van der Waals surface area contributed by atoms with E-state index < -0.39 is 56.9 Å². The zero-order chi connectivity index (χ0) is 22.6. The third-order valence-corrected chi connectivity index (χ3v) is 5.29. The van der Waals surface area contributed by atoms with E-state index in [9.17, 15) is 29.3 Å². The van der Waals surface area contributed by atoms with E-state index in [1.54, 1.807) is 6.92 Å². The minimum atomic E-state index is -5.04. The number of nitrogens with two attached hydrogens (primary N) is 1. The molecule has 1 aromatic heterocycles. The van der Waals surface area contributed by atoms with Crippen molar-refractivity contribution in [2.24, 2.45) is 11.7 Å². The van der Waals surface area contributed by atoms with Crippen LogP contribution in [0.2, 0.25) is 0 Å². The number of carbonyl (C=O) groups is 2. The van der Waals surface area contributed by atoms with Crippen molar-refractivity contribution < 1.29 is 52.7 Å². The van der Waals surface area contributed by atoms with E-state index in [1.807, 2.05) is 6.92 Å². The van der Waals surface area contributed by atoms with Gasteiger partial charge in [-0.15, -0.1) is 0 Å². The van der Waals surface area contributed by atoms with Crippen LogP contribution in [0.1, 0.15) is 36.9 Å². The van der Waals surface area contributed by atoms with E-state index in [2.05, 4.69) is 4.52 Å². The van der Waals surface area contributed by atoms with E-state index in [4.69, 9.17) is 20.1 Å². The zero-order valence-electron chi connectivity index (χ0n) is 16.4. The van der Waals surface area contributed by atoms with Crippen LogP contribution in [0, 0.1) is 5.92 Å². The molecular weight excluding hydrogens is 423 g/mol. The van der Waals surface area contributed by atoms with E-state index in [1.165, 1.54) is 29.1 Å². The lowest BCUT2D eigenvalue weighted by atomic mass is 10.0. The molecule has 1 unspecified atom stereocenters. The highest BCUT2D eigenvalue weighted by Gasteiger charge is 2.48. The summed E-state index contributed by atoms with van der Waals surface area (Å²) in [5.74, 6) is -2.02. The largest absolute Gasteiger partial charge is 0.756 e. The minimum Gasteiger partial charge on any atom is -0.756 e. The Morgan fingerprint density at radius 2 is 2.07 bits per heavy atom. The van der Waals surface area contributed by atoms with Crippen LogP contribution in [0.25, 0.3) is 0 Å². The number of aliphatic hydroxyl groups is 2. The highest BCUT2D eigenvalue weighted by atomic mass is 31.2. The highest BCUT2D eigenvalue weighted by molar-refractivity contribution is 7.44. The molecule has 0 aliphatic carbocycles. The Hall–Kier alpha value is -1.76. The minimum absolute atomic E-state index is 0.0494. The Kier molecular flexibility index (Phi) is 8.20. The Morgan fingerprint density at radius 1 is 1.40 bits per heavy atom. The first-order valence-electron chi connectivity index (χ1n) is 9.17. The average molecular weight is 448 g/mol. The molecule has 1 fully saturated rings. The maximum absolute atomic E-state index is 12.3. The number of pyridine rings is 1. The lowest BCUT2D eigenvalue weighted by Crippen LogP contribution is -2.46. The summed E-state index contributed by atoms with van der Waals surface area (Å²) in [7, 11) is -5.04. The molecule has 7 atom stereocenters. The summed E-state index contributed by atoms with van der Waals surface area (Å²) in [6.45, 7) is 2.87. The maximum Gasteiger partial charge on any atom is 0.351 e. The number of hydrogen-bond donors (Lipinski definition) is 4. The Balaban J connectivity index is 2.10. The van der Waals surface area contributed by atoms with Gasteiger partial charge in [0.1, 0.15) is 23.8 Å². The van der Waals surface area contributed by atoms with Gasteiger partial charge in [-0.1, -0.05) is 20.3 Å². The van der Waals surface area contributed by atoms with Crippen LogP contribution in [0.4, 0.5) is 0 Å². The molecule has 5 N–H and O–H groups in total. The predicted octanol–water partition coefficient (Wildman–Crippen LogP) is -1.87. The van der Waals surface area contributed by atoms with Gasteiger partial charge in [-0.25, -0.2) is 9.59 Å². The second-order valence-corrected chi connectivity index (χ2v) is 8.17. The Bertz CT molecular complexity index is 815. The fourth-order valence-electron chi connectivity index (χ4n) is 2.76. The van der Waals surface area contributed by atoms with Gasteiger partial charge in [0, 0.05) is 6.07 Å². The average Bonchev–Trinajstić information content (AvgIpc) is 2.99. The van der Waals surface area contributed by atoms with Crippen LogP contribution in [0.5, 0.6) is 0 Å². The molecule has 0 spiro atoms. The van der Waals surface area contributed by atoms with Crippen LogP contribution in [0.15, 0.2) is 24.5 Å². The molecule has 1 saturated heterocycles. The molecule has 13 heteroatoms. The number of rotatable bonds is 8. The fourth-order valence-corrected chi connectivity index (χ4v) is 3.09. The van der Waals surface area contributed by atoms with Crippen molar-refractivity contribution in [2.75, 3.05) is 6.61 Å². The van der Waals surface area contributed by atoms with Gasteiger partial charge in [-0.2, -0.15) is 4.57 Å². The van der Waals surface area contributed by atoms with E-state index in [0.717, 1.165) is 0 Å². The topological polar surface area (TPSA) is 193 Å². The summed E-state index contributed by atoms with van der Waals surface area (Å²) in [5, 5.41) is 20.2. The van der Waals surface area contributed by atoms with Gasteiger partial charge in [0.25, 0.3) is 14.1 Å².